The van der Waals surface area contributed by atoms with E-state index in [-0.39, 0.29) is 0 Å². The van der Waals surface area contributed by atoms with Crippen LogP contribution in [0.4, 0.5) is 5.82 Å². The van der Waals surface area contributed by atoms with Crippen LogP contribution in [0, 0.1) is 0 Å². The SMILES string of the molecule is CNc1nc(Sc2ccc(Cl)cn2)c(Cl)cc1Cl. The lowest BCUT2D eigenvalue weighted by Gasteiger charge is -2.07. The van der Waals surface area contributed by atoms with Gasteiger partial charge in [-0.15, -0.1) is 0 Å². The van der Waals surface area contributed by atoms with Crippen molar-refractivity contribution in [1.29, 1.82) is 0 Å². The lowest BCUT2D eigenvalue weighted by molar-refractivity contribution is 1.09. The molecule has 0 saturated heterocycles. The Morgan fingerprint density at radius 1 is 1.17 bits per heavy atom. The lowest BCUT2D eigenvalue weighted by atomic mass is 10.4. The Bertz CT molecular complexity index is 560. The highest BCUT2D eigenvalue weighted by atomic mass is 35.5. The van der Waals surface area contributed by atoms with Crippen molar-refractivity contribution >= 4 is 52.4 Å². The molecule has 0 saturated carbocycles. The maximum absolute atomic E-state index is 6.09. The van der Waals surface area contributed by atoms with Crippen LogP contribution >= 0.6 is 46.6 Å². The van der Waals surface area contributed by atoms with Crippen molar-refractivity contribution in [1.82, 2.24) is 9.97 Å². The van der Waals surface area contributed by atoms with E-state index in [1.54, 1.807) is 31.4 Å². The third kappa shape index (κ3) is 3.20. The summed E-state index contributed by atoms with van der Waals surface area (Å²) >= 11 is 19.2. The molecule has 2 aromatic rings. The van der Waals surface area contributed by atoms with E-state index in [1.165, 1.54) is 11.8 Å². The van der Waals surface area contributed by atoms with Crippen LogP contribution in [0.25, 0.3) is 0 Å². The van der Waals surface area contributed by atoms with Crippen LogP contribution in [0.2, 0.25) is 15.1 Å². The van der Waals surface area contributed by atoms with Gasteiger partial charge in [0.15, 0.2) is 0 Å². The van der Waals surface area contributed by atoms with E-state index in [1.807, 2.05) is 0 Å². The number of nitrogens with one attached hydrogen (secondary N) is 1. The summed E-state index contributed by atoms with van der Waals surface area (Å²) in [7, 11) is 1.75. The molecule has 94 valence electrons. The topological polar surface area (TPSA) is 37.8 Å². The molecular weight excluding hydrogens is 313 g/mol. The fourth-order valence-corrected chi connectivity index (χ4v) is 2.63. The maximum Gasteiger partial charge on any atom is 0.146 e. The van der Waals surface area contributed by atoms with Crippen molar-refractivity contribution in [2.24, 2.45) is 0 Å². The van der Waals surface area contributed by atoms with Crippen molar-refractivity contribution in [3.63, 3.8) is 0 Å². The van der Waals surface area contributed by atoms with Crippen LogP contribution in [-0.4, -0.2) is 17.0 Å². The smallest absolute Gasteiger partial charge is 0.146 e. The van der Waals surface area contributed by atoms with Gasteiger partial charge in [-0.2, -0.15) is 0 Å². The molecule has 0 spiro atoms. The summed E-state index contributed by atoms with van der Waals surface area (Å²) in [6, 6.07) is 5.22. The van der Waals surface area contributed by atoms with Gasteiger partial charge < -0.3 is 5.32 Å². The minimum absolute atomic E-state index is 0.482. The molecule has 0 fully saturated rings. The van der Waals surface area contributed by atoms with Crippen LogP contribution in [0.15, 0.2) is 34.4 Å². The maximum atomic E-state index is 6.09. The summed E-state index contributed by atoms with van der Waals surface area (Å²) in [5.74, 6) is 0.581. The largest absolute Gasteiger partial charge is 0.372 e. The van der Waals surface area contributed by atoms with Crippen molar-refractivity contribution in [3.05, 3.63) is 39.5 Å². The minimum atomic E-state index is 0.482. The van der Waals surface area contributed by atoms with E-state index in [2.05, 4.69) is 15.3 Å². The summed E-state index contributed by atoms with van der Waals surface area (Å²) in [5.41, 5.74) is 0. The number of hydrogen-bond donors (Lipinski definition) is 1. The molecule has 0 unspecified atom stereocenters. The van der Waals surface area contributed by atoms with Gasteiger partial charge in [0.2, 0.25) is 0 Å². The third-order valence-electron chi connectivity index (χ3n) is 2.04. The second kappa shape index (κ2) is 5.97. The number of hydrogen-bond acceptors (Lipinski definition) is 4. The van der Waals surface area contributed by atoms with Gasteiger partial charge >= 0.3 is 0 Å². The second-order valence-corrected chi connectivity index (χ2v) is 5.53. The number of nitrogens with zero attached hydrogens (tertiary/aromatic N) is 2. The predicted molar refractivity (Wildman–Crippen MR) is 77.2 cm³/mol. The van der Waals surface area contributed by atoms with E-state index in [9.17, 15) is 0 Å². The molecule has 1 N–H and O–H groups in total. The Kier molecular flexibility index (Phi) is 4.56. The predicted octanol–water partition coefficient (Wildman–Crippen LogP) is 4.63. The van der Waals surface area contributed by atoms with Crippen LogP contribution in [0.1, 0.15) is 0 Å². The molecule has 0 bridgehead atoms. The highest BCUT2D eigenvalue weighted by Gasteiger charge is 2.10. The molecule has 18 heavy (non-hydrogen) atoms. The zero-order chi connectivity index (χ0) is 13.1. The van der Waals surface area contributed by atoms with E-state index in [0.717, 1.165) is 5.03 Å². The summed E-state index contributed by atoms with van der Waals surface area (Å²) in [4.78, 5) is 8.49. The van der Waals surface area contributed by atoms with Gasteiger partial charge in [0.25, 0.3) is 0 Å². The Labute approximate surface area is 124 Å². The molecule has 0 aliphatic carbocycles. The molecule has 7 heteroatoms. The summed E-state index contributed by atoms with van der Waals surface area (Å²) in [6.07, 6.45) is 1.58. The molecule has 0 aliphatic rings. The number of aromatic nitrogens is 2. The Balaban J connectivity index is 2.31. The van der Waals surface area contributed by atoms with Crippen LogP contribution in [0.3, 0.4) is 0 Å². The number of rotatable bonds is 3. The molecule has 0 aliphatic heterocycles. The highest BCUT2D eigenvalue weighted by Crippen LogP contribution is 2.35. The average Bonchev–Trinajstić information content (AvgIpc) is 2.35. The normalized spacial score (nSPS) is 10.4. The fourth-order valence-electron chi connectivity index (χ4n) is 1.22. The molecular formula is C11H8Cl3N3S. The van der Waals surface area contributed by atoms with Gasteiger partial charge in [-0.3, -0.25) is 0 Å². The van der Waals surface area contributed by atoms with Gasteiger partial charge in [0.05, 0.1) is 15.1 Å². The van der Waals surface area contributed by atoms with Gasteiger partial charge in [0, 0.05) is 13.2 Å². The monoisotopic (exact) mass is 319 g/mol. The zero-order valence-corrected chi connectivity index (χ0v) is 12.3. The second-order valence-electron chi connectivity index (χ2n) is 3.27. The molecule has 0 amide bonds. The van der Waals surface area contributed by atoms with E-state index < -0.39 is 0 Å². The first-order valence-corrected chi connectivity index (χ1v) is 6.88. The quantitative estimate of drug-likeness (QED) is 0.894. The zero-order valence-electron chi connectivity index (χ0n) is 9.25. The Morgan fingerprint density at radius 3 is 2.56 bits per heavy atom. The fraction of sp³-hybridized carbons (Fsp3) is 0.0909. The number of anilines is 1. The molecule has 0 aromatic carbocycles. The van der Waals surface area contributed by atoms with Crippen LogP contribution in [0.5, 0.6) is 0 Å². The number of halogens is 3. The van der Waals surface area contributed by atoms with Gasteiger partial charge in [0.1, 0.15) is 15.9 Å². The third-order valence-corrected chi connectivity index (χ3v) is 3.90. The van der Waals surface area contributed by atoms with E-state index in [4.69, 9.17) is 34.8 Å². The summed E-state index contributed by atoms with van der Waals surface area (Å²) in [6.45, 7) is 0. The van der Waals surface area contributed by atoms with Gasteiger partial charge in [-0.25, -0.2) is 9.97 Å². The van der Waals surface area contributed by atoms with E-state index >= 15 is 0 Å². The molecule has 3 nitrogen and oxygen atoms in total. The summed E-state index contributed by atoms with van der Waals surface area (Å²) in [5, 5.41) is 5.86. The van der Waals surface area contributed by atoms with Crippen LogP contribution in [-0.2, 0) is 0 Å². The number of pyridine rings is 2. The minimum Gasteiger partial charge on any atom is -0.372 e. The Hall–Kier alpha value is -0.680. The van der Waals surface area contributed by atoms with E-state index in [0.29, 0.717) is 25.9 Å². The highest BCUT2D eigenvalue weighted by molar-refractivity contribution is 7.99. The molecule has 0 atom stereocenters. The average molecular weight is 321 g/mol. The first-order valence-electron chi connectivity index (χ1n) is 4.93. The van der Waals surface area contributed by atoms with Gasteiger partial charge in [-0.1, -0.05) is 34.8 Å². The van der Waals surface area contributed by atoms with Crippen molar-refractivity contribution in [3.8, 4) is 0 Å². The first-order chi connectivity index (χ1) is 8.60. The van der Waals surface area contributed by atoms with Gasteiger partial charge in [-0.05, 0) is 30.0 Å². The molecule has 2 rings (SSSR count). The van der Waals surface area contributed by atoms with Crippen LogP contribution < -0.4 is 5.32 Å². The Morgan fingerprint density at radius 2 is 1.94 bits per heavy atom. The summed E-state index contributed by atoms with van der Waals surface area (Å²) < 4.78 is 0. The van der Waals surface area contributed by atoms with Crippen molar-refractivity contribution in [2.45, 2.75) is 10.1 Å². The lowest BCUT2D eigenvalue weighted by Crippen LogP contribution is -1.95. The first kappa shape index (κ1) is 13.7. The molecule has 2 heterocycles. The van der Waals surface area contributed by atoms with Crippen molar-refractivity contribution < 1.29 is 0 Å². The molecule has 0 radical (unpaired) electrons. The van der Waals surface area contributed by atoms with Crippen molar-refractivity contribution in [2.75, 3.05) is 12.4 Å². The molecule has 2 aromatic heterocycles. The standard InChI is InChI=1S/C11H8Cl3N3S/c1-15-10-7(13)4-8(14)11(17-10)18-9-3-2-6(12)5-16-9/h2-5H,1H3,(H,15,17).